The van der Waals surface area contributed by atoms with E-state index in [0.717, 1.165) is 12.1 Å². The predicted octanol–water partition coefficient (Wildman–Crippen LogP) is 4.31. The van der Waals surface area contributed by atoms with E-state index in [1.165, 1.54) is 18.2 Å². The molecular formula is C14H11F3O. The standard InChI is InChI=1S/C14H11F3O/c1-14(16,17)13-8-10(15)5-6-12(13)9-3-2-4-11(18)7-9/h2-8,18H,1H3. The zero-order valence-corrected chi connectivity index (χ0v) is 9.62. The van der Waals surface area contributed by atoms with E-state index in [2.05, 4.69) is 0 Å². The summed E-state index contributed by atoms with van der Waals surface area (Å²) in [5.41, 5.74) is 0.236. The second-order valence-electron chi connectivity index (χ2n) is 4.13. The van der Waals surface area contributed by atoms with Gasteiger partial charge in [0.15, 0.2) is 0 Å². The highest BCUT2D eigenvalue weighted by molar-refractivity contribution is 5.69. The highest BCUT2D eigenvalue weighted by atomic mass is 19.3. The molecule has 0 heterocycles. The Kier molecular flexibility index (Phi) is 3.03. The van der Waals surface area contributed by atoms with Gasteiger partial charge in [0.25, 0.3) is 5.92 Å². The van der Waals surface area contributed by atoms with Gasteiger partial charge in [0.1, 0.15) is 11.6 Å². The zero-order valence-electron chi connectivity index (χ0n) is 9.62. The number of benzene rings is 2. The van der Waals surface area contributed by atoms with Gasteiger partial charge in [-0.3, -0.25) is 0 Å². The minimum Gasteiger partial charge on any atom is -0.508 e. The summed E-state index contributed by atoms with van der Waals surface area (Å²) in [5.74, 6) is -3.89. The third kappa shape index (κ3) is 2.47. The molecule has 0 saturated carbocycles. The summed E-state index contributed by atoms with van der Waals surface area (Å²) in [6.07, 6.45) is 0. The van der Waals surface area contributed by atoms with E-state index < -0.39 is 17.3 Å². The lowest BCUT2D eigenvalue weighted by Crippen LogP contribution is -2.09. The van der Waals surface area contributed by atoms with Gasteiger partial charge in [-0.1, -0.05) is 18.2 Å². The van der Waals surface area contributed by atoms with Crippen molar-refractivity contribution in [3.8, 4) is 16.9 Å². The molecule has 0 bridgehead atoms. The molecule has 1 N–H and O–H groups in total. The molecule has 2 rings (SSSR count). The molecule has 0 atom stereocenters. The van der Waals surface area contributed by atoms with Gasteiger partial charge in [-0.05, 0) is 35.4 Å². The van der Waals surface area contributed by atoms with Crippen molar-refractivity contribution in [3.05, 3.63) is 53.8 Å². The Morgan fingerprint density at radius 3 is 2.39 bits per heavy atom. The maximum atomic E-state index is 13.5. The van der Waals surface area contributed by atoms with Crippen LogP contribution in [0.5, 0.6) is 5.75 Å². The summed E-state index contributed by atoms with van der Waals surface area (Å²) in [6, 6.07) is 9.16. The average molecular weight is 252 g/mol. The molecular weight excluding hydrogens is 241 g/mol. The Balaban J connectivity index is 2.64. The smallest absolute Gasteiger partial charge is 0.271 e. The number of phenols is 1. The summed E-state index contributed by atoms with van der Waals surface area (Å²) >= 11 is 0. The van der Waals surface area contributed by atoms with Crippen molar-refractivity contribution in [2.45, 2.75) is 12.8 Å². The highest BCUT2D eigenvalue weighted by Gasteiger charge is 2.28. The van der Waals surface area contributed by atoms with E-state index >= 15 is 0 Å². The van der Waals surface area contributed by atoms with Crippen LogP contribution in [0.4, 0.5) is 13.2 Å². The third-order valence-corrected chi connectivity index (χ3v) is 2.61. The third-order valence-electron chi connectivity index (χ3n) is 2.61. The highest BCUT2D eigenvalue weighted by Crippen LogP contribution is 2.36. The summed E-state index contributed by atoms with van der Waals surface area (Å²) in [6.45, 7) is 0.716. The van der Waals surface area contributed by atoms with E-state index in [0.29, 0.717) is 12.5 Å². The minimum atomic E-state index is -3.15. The molecule has 0 amide bonds. The van der Waals surface area contributed by atoms with E-state index in [9.17, 15) is 18.3 Å². The predicted molar refractivity (Wildman–Crippen MR) is 63.1 cm³/mol. The van der Waals surface area contributed by atoms with Gasteiger partial charge >= 0.3 is 0 Å². The molecule has 0 radical (unpaired) electrons. The van der Waals surface area contributed by atoms with Gasteiger partial charge < -0.3 is 5.11 Å². The quantitative estimate of drug-likeness (QED) is 0.844. The molecule has 18 heavy (non-hydrogen) atoms. The second-order valence-corrected chi connectivity index (χ2v) is 4.13. The van der Waals surface area contributed by atoms with Gasteiger partial charge in [-0.15, -0.1) is 0 Å². The maximum Gasteiger partial charge on any atom is 0.271 e. The first kappa shape index (κ1) is 12.5. The minimum absolute atomic E-state index is 0.0257. The van der Waals surface area contributed by atoms with Crippen LogP contribution in [0.2, 0.25) is 0 Å². The molecule has 0 saturated heterocycles. The van der Waals surface area contributed by atoms with Gasteiger partial charge in [-0.2, -0.15) is 0 Å². The van der Waals surface area contributed by atoms with Crippen molar-refractivity contribution in [1.82, 2.24) is 0 Å². The maximum absolute atomic E-state index is 13.5. The fourth-order valence-electron chi connectivity index (χ4n) is 1.80. The molecule has 0 unspecified atom stereocenters. The molecule has 0 fully saturated rings. The molecule has 4 heteroatoms. The number of phenolic OH excluding ortho intramolecular Hbond substituents is 1. The molecule has 1 nitrogen and oxygen atoms in total. The van der Waals surface area contributed by atoms with Crippen LogP contribution in [0, 0.1) is 5.82 Å². The molecule has 0 aliphatic rings. The lowest BCUT2D eigenvalue weighted by Gasteiger charge is -2.16. The van der Waals surface area contributed by atoms with E-state index in [1.54, 1.807) is 12.1 Å². The lowest BCUT2D eigenvalue weighted by molar-refractivity contribution is 0.0178. The normalized spacial score (nSPS) is 11.6. The number of alkyl halides is 2. The van der Waals surface area contributed by atoms with Crippen molar-refractivity contribution >= 4 is 0 Å². The first-order valence-electron chi connectivity index (χ1n) is 5.35. The molecule has 0 spiro atoms. The number of aromatic hydroxyl groups is 1. The van der Waals surface area contributed by atoms with Crippen LogP contribution in [0.25, 0.3) is 11.1 Å². The fraction of sp³-hybridized carbons (Fsp3) is 0.143. The van der Waals surface area contributed by atoms with Crippen molar-refractivity contribution in [2.24, 2.45) is 0 Å². The molecule has 0 aromatic heterocycles. The van der Waals surface area contributed by atoms with Gasteiger partial charge in [0.2, 0.25) is 0 Å². The van der Waals surface area contributed by atoms with E-state index in [4.69, 9.17) is 0 Å². The molecule has 0 aliphatic carbocycles. The number of rotatable bonds is 2. The van der Waals surface area contributed by atoms with Crippen LogP contribution < -0.4 is 0 Å². The summed E-state index contributed by atoms with van der Waals surface area (Å²) in [5, 5.41) is 9.36. The van der Waals surface area contributed by atoms with Crippen LogP contribution in [0.1, 0.15) is 12.5 Å². The van der Waals surface area contributed by atoms with Crippen LogP contribution >= 0.6 is 0 Å². The second kappa shape index (κ2) is 4.37. The van der Waals surface area contributed by atoms with Crippen LogP contribution in [-0.4, -0.2) is 5.11 Å². The van der Waals surface area contributed by atoms with E-state index in [-0.39, 0.29) is 11.3 Å². The van der Waals surface area contributed by atoms with Crippen molar-refractivity contribution in [3.63, 3.8) is 0 Å². The zero-order chi connectivity index (χ0) is 13.3. The SMILES string of the molecule is CC(F)(F)c1cc(F)ccc1-c1cccc(O)c1. The molecule has 0 aliphatic heterocycles. The number of hydrogen-bond acceptors (Lipinski definition) is 1. The van der Waals surface area contributed by atoms with Crippen molar-refractivity contribution in [2.75, 3.05) is 0 Å². The van der Waals surface area contributed by atoms with Crippen LogP contribution in [0.15, 0.2) is 42.5 Å². The first-order chi connectivity index (χ1) is 8.38. The molecule has 2 aromatic rings. The van der Waals surface area contributed by atoms with Crippen LogP contribution in [-0.2, 0) is 5.92 Å². The Bertz CT molecular complexity index is 573. The fourth-order valence-corrected chi connectivity index (χ4v) is 1.80. The van der Waals surface area contributed by atoms with Gasteiger partial charge in [0.05, 0.1) is 0 Å². The first-order valence-corrected chi connectivity index (χ1v) is 5.35. The van der Waals surface area contributed by atoms with Crippen molar-refractivity contribution in [1.29, 1.82) is 0 Å². The monoisotopic (exact) mass is 252 g/mol. The van der Waals surface area contributed by atoms with E-state index in [1.807, 2.05) is 0 Å². The summed E-state index contributed by atoms with van der Waals surface area (Å²) in [4.78, 5) is 0. The molecule has 2 aromatic carbocycles. The summed E-state index contributed by atoms with van der Waals surface area (Å²) in [7, 11) is 0. The Labute approximate surface area is 103 Å². The Morgan fingerprint density at radius 2 is 1.78 bits per heavy atom. The topological polar surface area (TPSA) is 20.2 Å². The van der Waals surface area contributed by atoms with Gasteiger partial charge in [0, 0.05) is 12.5 Å². The summed E-state index contributed by atoms with van der Waals surface area (Å²) < 4.78 is 40.0. The number of hydrogen-bond donors (Lipinski definition) is 1. The number of halogens is 3. The largest absolute Gasteiger partial charge is 0.508 e. The average Bonchev–Trinajstić information content (AvgIpc) is 2.27. The Hall–Kier alpha value is -1.97. The van der Waals surface area contributed by atoms with Gasteiger partial charge in [-0.25, -0.2) is 13.2 Å². The molecule has 94 valence electrons. The van der Waals surface area contributed by atoms with Crippen molar-refractivity contribution < 1.29 is 18.3 Å². The Morgan fingerprint density at radius 1 is 1.06 bits per heavy atom. The van der Waals surface area contributed by atoms with Crippen LogP contribution in [0.3, 0.4) is 0 Å². The lowest BCUT2D eigenvalue weighted by atomic mass is 9.96.